The Kier molecular flexibility index (Phi) is 3.60. The summed E-state index contributed by atoms with van der Waals surface area (Å²) in [5.74, 6) is 1.40. The van der Waals surface area contributed by atoms with Crippen molar-refractivity contribution in [3.8, 4) is 5.75 Å². The average Bonchev–Trinajstić information content (AvgIpc) is 2.63. The zero-order valence-electron chi connectivity index (χ0n) is 11.6. The minimum Gasteiger partial charge on any atom is -0.480 e. The van der Waals surface area contributed by atoms with Crippen molar-refractivity contribution in [2.45, 2.75) is 39.2 Å². The molecule has 1 saturated heterocycles. The number of hydrogen-bond donors (Lipinski definition) is 0. The van der Waals surface area contributed by atoms with Gasteiger partial charge in [0.25, 0.3) is 5.91 Å². The van der Waals surface area contributed by atoms with E-state index < -0.39 is 0 Å². The summed E-state index contributed by atoms with van der Waals surface area (Å²) in [6.45, 7) is 7.11. The second-order valence-electron chi connectivity index (χ2n) is 5.33. The van der Waals surface area contributed by atoms with Gasteiger partial charge in [-0.15, -0.1) is 0 Å². The number of hydrogen-bond acceptors (Lipinski definition) is 2. The van der Waals surface area contributed by atoms with Crippen molar-refractivity contribution in [3.05, 3.63) is 29.3 Å². The first-order chi connectivity index (χ1) is 8.49. The topological polar surface area (TPSA) is 29.5 Å². The van der Waals surface area contributed by atoms with E-state index in [1.165, 1.54) is 5.56 Å². The summed E-state index contributed by atoms with van der Waals surface area (Å²) < 4.78 is 5.89. The van der Waals surface area contributed by atoms with Crippen LogP contribution in [0.25, 0.3) is 0 Å². The summed E-state index contributed by atoms with van der Waals surface area (Å²) in [4.78, 5) is 13.6. The second kappa shape index (κ2) is 5.01. The van der Waals surface area contributed by atoms with E-state index in [-0.39, 0.29) is 12.0 Å². The first-order valence-electron chi connectivity index (χ1n) is 6.51. The van der Waals surface area contributed by atoms with Crippen LogP contribution in [0.1, 0.15) is 37.3 Å². The molecule has 18 heavy (non-hydrogen) atoms. The molecule has 3 heteroatoms. The Morgan fingerprint density at radius 3 is 2.67 bits per heavy atom. The van der Waals surface area contributed by atoms with Gasteiger partial charge in [-0.05, 0) is 30.0 Å². The lowest BCUT2D eigenvalue weighted by atomic mass is 10.0. The number of ether oxygens (including phenoxy) is 1. The molecule has 1 amide bonds. The average molecular weight is 247 g/mol. The maximum absolute atomic E-state index is 11.8. The lowest BCUT2D eigenvalue weighted by Gasteiger charge is -2.16. The van der Waals surface area contributed by atoms with E-state index in [0.29, 0.717) is 5.92 Å². The summed E-state index contributed by atoms with van der Waals surface area (Å²) in [6, 6.07) is 6.24. The first-order valence-corrected chi connectivity index (χ1v) is 6.51. The smallest absolute Gasteiger partial charge is 0.263 e. The lowest BCUT2D eigenvalue weighted by molar-refractivity contribution is -0.132. The Bertz CT molecular complexity index is 454. The number of rotatable bonds is 3. The van der Waals surface area contributed by atoms with E-state index >= 15 is 0 Å². The third kappa shape index (κ3) is 2.50. The molecule has 0 saturated carbocycles. The number of nitrogens with zero attached hydrogens (tertiary/aromatic N) is 1. The fourth-order valence-electron chi connectivity index (χ4n) is 2.16. The van der Waals surface area contributed by atoms with Gasteiger partial charge in [-0.2, -0.15) is 0 Å². The Morgan fingerprint density at radius 1 is 1.39 bits per heavy atom. The van der Waals surface area contributed by atoms with Crippen LogP contribution in [-0.2, 0) is 4.79 Å². The molecule has 0 aromatic heterocycles. The zero-order chi connectivity index (χ0) is 13.3. The summed E-state index contributed by atoms with van der Waals surface area (Å²) in [7, 11) is 1.82. The molecule has 98 valence electrons. The molecule has 0 bridgehead atoms. The van der Waals surface area contributed by atoms with Gasteiger partial charge in [-0.25, -0.2) is 0 Å². The standard InChI is InChI=1S/C15H21NO2/c1-10(2)12-6-5-11(3)14(9-12)18-13-7-8-16(4)15(13)17/h5-6,9-10,13H,7-8H2,1-4H3. The summed E-state index contributed by atoms with van der Waals surface area (Å²) in [6.07, 6.45) is 0.469. The summed E-state index contributed by atoms with van der Waals surface area (Å²) >= 11 is 0. The molecule has 1 aliphatic rings. The largest absolute Gasteiger partial charge is 0.480 e. The van der Waals surface area contributed by atoms with Crippen LogP contribution in [0.15, 0.2) is 18.2 Å². The van der Waals surface area contributed by atoms with Crippen molar-refractivity contribution in [2.75, 3.05) is 13.6 Å². The normalized spacial score (nSPS) is 19.7. The number of benzene rings is 1. The van der Waals surface area contributed by atoms with Gasteiger partial charge >= 0.3 is 0 Å². The number of aryl methyl sites for hydroxylation is 1. The maximum atomic E-state index is 11.8. The Balaban J connectivity index is 2.18. The SMILES string of the molecule is Cc1ccc(C(C)C)cc1OC1CCN(C)C1=O. The van der Waals surface area contributed by atoms with Crippen LogP contribution in [0.5, 0.6) is 5.75 Å². The van der Waals surface area contributed by atoms with Gasteiger partial charge < -0.3 is 9.64 Å². The van der Waals surface area contributed by atoms with Crippen molar-refractivity contribution < 1.29 is 9.53 Å². The molecule has 1 heterocycles. The van der Waals surface area contributed by atoms with E-state index in [9.17, 15) is 4.79 Å². The number of carbonyl (C=O) groups is 1. The van der Waals surface area contributed by atoms with Crippen molar-refractivity contribution in [1.82, 2.24) is 4.90 Å². The van der Waals surface area contributed by atoms with Gasteiger partial charge in [0, 0.05) is 20.0 Å². The van der Waals surface area contributed by atoms with E-state index in [4.69, 9.17) is 4.74 Å². The van der Waals surface area contributed by atoms with Crippen LogP contribution < -0.4 is 4.74 Å². The van der Waals surface area contributed by atoms with Crippen LogP contribution in [0.4, 0.5) is 0 Å². The molecule has 0 spiro atoms. The number of likely N-dealkylation sites (N-methyl/N-ethyl adjacent to an activating group) is 1. The summed E-state index contributed by atoms with van der Waals surface area (Å²) in [5.41, 5.74) is 2.33. The van der Waals surface area contributed by atoms with Crippen molar-refractivity contribution >= 4 is 5.91 Å². The monoisotopic (exact) mass is 247 g/mol. The van der Waals surface area contributed by atoms with Gasteiger partial charge in [0.2, 0.25) is 0 Å². The van der Waals surface area contributed by atoms with Crippen LogP contribution in [-0.4, -0.2) is 30.5 Å². The predicted molar refractivity (Wildman–Crippen MR) is 71.9 cm³/mol. The molecule has 0 aliphatic carbocycles. The highest BCUT2D eigenvalue weighted by atomic mass is 16.5. The third-order valence-electron chi connectivity index (χ3n) is 3.53. The molecule has 0 radical (unpaired) electrons. The molecule has 1 aliphatic heterocycles. The number of carbonyl (C=O) groups excluding carboxylic acids is 1. The predicted octanol–water partition coefficient (Wildman–Crippen LogP) is 2.73. The van der Waals surface area contributed by atoms with Crippen LogP contribution in [0.2, 0.25) is 0 Å². The van der Waals surface area contributed by atoms with E-state index in [2.05, 4.69) is 32.0 Å². The highest BCUT2D eigenvalue weighted by Gasteiger charge is 2.31. The van der Waals surface area contributed by atoms with Crippen LogP contribution >= 0.6 is 0 Å². The van der Waals surface area contributed by atoms with Crippen LogP contribution in [0.3, 0.4) is 0 Å². The molecule has 3 nitrogen and oxygen atoms in total. The highest BCUT2D eigenvalue weighted by Crippen LogP contribution is 2.27. The van der Waals surface area contributed by atoms with Gasteiger partial charge in [-0.3, -0.25) is 4.79 Å². The zero-order valence-corrected chi connectivity index (χ0v) is 11.6. The van der Waals surface area contributed by atoms with E-state index in [0.717, 1.165) is 24.3 Å². The molecule has 0 N–H and O–H groups in total. The van der Waals surface area contributed by atoms with Crippen molar-refractivity contribution in [2.24, 2.45) is 0 Å². The van der Waals surface area contributed by atoms with E-state index in [1.54, 1.807) is 4.90 Å². The number of likely N-dealkylation sites (tertiary alicyclic amines) is 1. The van der Waals surface area contributed by atoms with Crippen LogP contribution in [0, 0.1) is 6.92 Å². The molecule has 1 unspecified atom stereocenters. The molecular formula is C15H21NO2. The fraction of sp³-hybridized carbons (Fsp3) is 0.533. The third-order valence-corrected chi connectivity index (χ3v) is 3.53. The van der Waals surface area contributed by atoms with Gasteiger partial charge in [0.1, 0.15) is 5.75 Å². The first kappa shape index (κ1) is 12.9. The highest BCUT2D eigenvalue weighted by molar-refractivity contribution is 5.83. The van der Waals surface area contributed by atoms with Gasteiger partial charge in [0.15, 0.2) is 6.10 Å². The van der Waals surface area contributed by atoms with Crippen molar-refractivity contribution in [1.29, 1.82) is 0 Å². The van der Waals surface area contributed by atoms with Crippen molar-refractivity contribution in [3.63, 3.8) is 0 Å². The fourth-order valence-corrected chi connectivity index (χ4v) is 2.16. The Labute approximate surface area is 109 Å². The van der Waals surface area contributed by atoms with Gasteiger partial charge in [-0.1, -0.05) is 26.0 Å². The quantitative estimate of drug-likeness (QED) is 0.822. The Hall–Kier alpha value is -1.51. The summed E-state index contributed by atoms with van der Waals surface area (Å²) in [5, 5.41) is 0. The second-order valence-corrected chi connectivity index (χ2v) is 5.33. The molecule has 1 aromatic rings. The molecule has 2 rings (SSSR count). The molecule has 1 atom stereocenters. The van der Waals surface area contributed by atoms with E-state index in [1.807, 2.05) is 14.0 Å². The Morgan fingerprint density at radius 2 is 2.11 bits per heavy atom. The molecular weight excluding hydrogens is 226 g/mol. The molecule has 1 aromatic carbocycles. The minimum atomic E-state index is -0.309. The molecule has 1 fully saturated rings. The van der Waals surface area contributed by atoms with Gasteiger partial charge in [0.05, 0.1) is 0 Å². The minimum absolute atomic E-state index is 0.0874. The maximum Gasteiger partial charge on any atom is 0.263 e. The lowest BCUT2D eigenvalue weighted by Crippen LogP contribution is -2.29. The number of amides is 1.